The van der Waals surface area contributed by atoms with Crippen molar-refractivity contribution in [3.63, 3.8) is 0 Å². The maximum Gasteiger partial charge on any atom is 0.251 e. The van der Waals surface area contributed by atoms with Crippen molar-refractivity contribution in [2.45, 2.75) is 53.4 Å². The highest BCUT2D eigenvalue weighted by molar-refractivity contribution is 5.99. The van der Waals surface area contributed by atoms with E-state index in [-0.39, 0.29) is 17.6 Å². The summed E-state index contributed by atoms with van der Waals surface area (Å²) in [5.41, 5.74) is 6.64. The van der Waals surface area contributed by atoms with Crippen molar-refractivity contribution in [1.82, 2.24) is 5.32 Å². The van der Waals surface area contributed by atoms with Crippen LogP contribution in [0.25, 0.3) is 0 Å². The Morgan fingerprint density at radius 1 is 1.04 bits per heavy atom. The molecule has 0 radical (unpaired) electrons. The van der Waals surface area contributed by atoms with Gasteiger partial charge in [-0.25, -0.2) is 0 Å². The Morgan fingerprint density at radius 3 is 2.32 bits per heavy atom. The van der Waals surface area contributed by atoms with Crippen molar-refractivity contribution >= 4 is 29.0 Å². The number of hydrogen-bond donors (Lipinski definition) is 3. The second-order valence-electron chi connectivity index (χ2n) is 7.32. The van der Waals surface area contributed by atoms with E-state index in [1.165, 1.54) is 0 Å². The third-order valence-electron chi connectivity index (χ3n) is 3.65. The Morgan fingerprint density at radius 2 is 1.72 bits per heavy atom. The van der Waals surface area contributed by atoms with Crippen molar-refractivity contribution in [1.29, 1.82) is 0 Å². The zero-order chi connectivity index (χ0) is 19.0. The lowest BCUT2D eigenvalue weighted by Gasteiger charge is -2.18. The first-order valence-electron chi connectivity index (χ1n) is 8.59. The molecule has 6 nitrogen and oxygen atoms in total. The van der Waals surface area contributed by atoms with Crippen LogP contribution in [0, 0.1) is 5.41 Å². The maximum absolute atomic E-state index is 12.2. The van der Waals surface area contributed by atoms with Crippen LogP contribution in [0.3, 0.4) is 0 Å². The van der Waals surface area contributed by atoms with Crippen molar-refractivity contribution < 1.29 is 14.4 Å². The standard InChI is InChI=1S/C19H29N3O3/c1-13(23)8-6-5-7-9-21-17(24)14-10-15(20)12-16(11-14)22-18(25)19(2,3)4/h10-12H,5-9,20H2,1-4H3,(H,21,24)(H,22,25). The molecular weight excluding hydrogens is 318 g/mol. The molecule has 1 aromatic carbocycles. The summed E-state index contributed by atoms with van der Waals surface area (Å²) in [5.74, 6) is -0.186. The number of nitrogens with two attached hydrogens (primary N) is 1. The smallest absolute Gasteiger partial charge is 0.251 e. The zero-order valence-electron chi connectivity index (χ0n) is 15.6. The molecule has 6 heteroatoms. The lowest BCUT2D eigenvalue weighted by atomic mass is 9.95. The summed E-state index contributed by atoms with van der Waals surface area (Å²) in [4.78, 5) is 35.2. The maximum atomic E-state index is 12.2. The molecule has 0 spiro atoms. The highest BCUT2D eigenvalue weighted by Gasteiger charge is 2.21. The first kappa shape index (κ1) is 20.7. The van der Waals surface area contributed by atoms with E-state index in [1.54, 1.807) is 25.1 Å². The molecule has 0 heterocycles. The van der Waals surface area contributed by atoms with Crippen LogP contribution in [0.4, 0.5) is 11.4 Å². The molecule has 0 fully saturated rings. The summed E-state index contributed by atoms with van der Waals surface area (Å²) < 4.78 is 0. The SMILES string of the molecule is CC(=O)CCCCCNC(=O)c1cc(N)cc(NC(=O)C(C)(C)C)c1. The van der Waals surface area contributed by atoms with Crippen LogP contribution in [0.5, 0.6) is 0 Å². The fraction of sp³-hybridized carbons (Fsp3) is 0.526. The fourth-order valence-corrected chi connectivity index (χ4v) is 2.15. The molecule has 0 unspecified atom stereocenters. The summed E-state index contributed by atoms with van der Waals surface area (Å²) in [6, 6.07) is 4.82. The lowest BCUT2D eigenvalue weighted by Crippen LogP contribution is -2.28. The average Bonchev–Trinajstić information content (AvgIpc) is 2.48. The van der Waals surface area contributed by atoms with Crippen LogP contribution in [0.15, 0.2) is 18.2 Å². The third kappa shape index (κ3) is 7.83. The van der Waals surface area contributed by atoms with Crippen LogP contribution < -0.4 is 16.4 Å². The number of hydrogen-bond acceptors (Lipinski definition) is 4. The molecule has 0 atom stereocenters. The Hall–Kier alpha value is -2.37. The van der Waals surface area contributed by atoms with Gasteiger partial charge in [0.05, 0.1) is 0 Å². The van der Waals surface area contributed by atoms with Crippen LogP contribution in [0.1, 0.15) is 63.7 Å². The van der Waals surface area contributed by atoms with Crippen molar-refractivity contribution in [2.24, 2.45) is 5.41 Å². The molecule has 1 rings (SSSR count). The number of carbonyl (C=O) groups excluding carboxylic acids is 3. The number of rotatable bonds is 8. The van der Waals surface area contributed by atoms with Crippen molar-refractivity contribution in [3.05, 3.63) is 23.8 Å². The second kappa shape index (κ2) is 9.20. The highest BCUT2D eigenvalue weighted by Crippen LogP contribution is 2.21. The van der Waals surface area contributed by atoms with E-state index in [9.17, 15) is 14.4 Å². The van der Waals surface area contributed by atoms with Crippen molar-refractivity contribution in [2.75, 3.05) is 17.6 Å². The Balaban J connectivity index is 2.58. The summed E-state index contributed by atoms with van der Waals surface area (Å²) in [7, 11) is 0. The first-order chi connectivity index (χ1) is 11.6. The third-order valence-corrected chi connectivity index (χ3v) is 3.65. The van der Waals surface area contributed by atoms with Gasteiger partial charge in [-0.15, -0.1) is 0 Å². The van der Waals surface area contributed by atoms with E-state index in [2.05, 4.69) is 10.6 Å². The molecule has 0 aliphatic carbocycles. The van der Waals surface area contributed by atoms with Gasteiger partial charge in [0.2, 0.25) is 5.91 Å². The largest absolute Gasteiger partial charge is 0.399 e. The van der Waals surface area contributed by atoms with Gasteiger partial charge in [-0.3, -0.25) is 9.59 Å². The van der Waals surface area contributed by atoms with Gasteiger partial charge in [0.15, 0.2) is 0 Å². The number of carbonyl (C=O) groups is 3. The number of Topliss-reactive ketones (excluding diaryl/α,β-unsaturated/α-hetero) is 1. The van der Waals surface area contributed by atoms with E-state index < -0.39 is 5.41 Å². The van der Waals surface area contributed by atoms with Crippen LogP contribution in [-0.4, -0.2) is 24.1 Å². The Labute approximate surface area is 149 Å². The lowest BCUT2D eigenvalue weighted by molar-refractivity contribution is -0.123. The van der Waals surface area contributed by atoms with Gasteiger partial charge in [0, 0.05) is 35.3 Å². The molecule has 138 valence electrons. The summed E-state index contributed by atoms with van der Waals surface area (Å²) in [6.07, 6.45) is 3.13. The second-order valence-corrected chi connectivity index (χ2v) is 7.32. The Bertz CT molecular complexity index is 633. The number of ketones is 1. The van der Waals surface area contributed by atoms with Crippen LogP contribution >= 0.6 is 0 Å². The molecular formula is C19H29N3O3. The Kier molecular flexibility index (Phi) is 7.61. The van der Waals surface area contributed by atoms with Crippen LogP contribution in [-0.2, 0) is 9.59 Å². The molecule has 0 aliphatic heterocycles. The van der Waals surface area contributed by atoms with Crippen molar-refractivity contribution in [3.8, 4) is 0 Å². The fourth-order valence-electron chi connectivity index (χ4n) is 2.15. The number of anilines is 2. The predicted molar refractivity (Wildman–Crippen MR) is 100 cm³/mol. The topological polar surface area (TPSA) is 101 Å². The van der Waals surface area contributed by atoms with E-state index in [0.29, 0.717) is 29.9 Å². The number of unbranched alkanes of at least 4 members (excludes halogenated alkanes) is 2. The molecule has 4 N–H and O–H groups in total. The quantitative estimate of drug-likeness (QED) is 0.497. The summed E-state index contributed by atoms with van der Waals surface area (Å²) in [5, 5.41) is 5.61. The average molecular weight is 347 g/mol. The number of nitrogens with one attached hydrogen (secondary N) is 2. The zero-order valence-corrected chi connectivity index (χ0v) is 15.6. The van der Waals surface area contributed by atoms with E-state index >= 15 is 0 Å². The molecule has 25 heavy (non-hydrogen) atoms. The van der Waals surface area contributed by atoms with Gasteiger partial charge in [0.1, 0.15) is 5.78 Å². The molecule has 1 aromatic rings. The van der Waals surface area contributed by atoms with Gasteiger partial charge < -0.3 is 21.2 Å². The van der Waals surface area contributed by atoms with Gasteiger partial charge in [-0.1, -0.05) is 27.2 Å². The van der Waals surface area contributed by atoms with Gasteiger partial charge in [-0.05, 0) is 38.0 Å². The minimum atomic E-state index is -0.535. The normalized spacial score (nSPS) is 11.0. The minimum absolute atomic E-state index is 0.144. The minimum Gasteiger partial charge on any atom is -0.399 e. The summed E-state index contributed by atoms with van der Waals surface area (Å²) >= 11 is 0. The molecule has 0 aliphatic rings. The van der Waals surface area contributed by atoms with Crippen LogP contribution in [0.2, 0.25) is 0 Å². The molecule has 0 saturated carbocycles. The predicted octanol–water partition coefficient (Wildman–Crippen LogP) is 3.13. The highest BCUT2D eigenvalue weighted by atomic mass is 16.2. The van der Waals surface area contributed by atoms with Gasteiger partial charge in [0.25, 0.3) is 5.91 Å². The number of benzene rings is 1. The van der Waals surface area contributed by atoms with Gasteiger partial charge >= 0.3 is 0 Å². The first-order valence-corrected chi connectivity index (χ1v) is 8.59. The summed E-state index contributed by atoms with van der Waals surface area (Å²) in [6.45, 7) is 7.56. The van der Waals surface area contributed by atoms with E-state index in [4.69, 9.17) is 5.73 Å². The molecule has 2 amide bonds. The van der Waals surface area contributed by atoms with E-state index in [1.807, 2.05) is 20.8 Å². The monoisotopic (exact) mass is 347 g/mol. The number of nitrogen functional groups attached to an aromatic ring is 1. The molecule has 0 aromatic heterocycles. The van der Waals surface area contributed by atoms with E-state index in [0.717, 1.165) is 19.3 Å². The van der Waals surface area contributed by atoms with Gasteiger partial charge in [-0.2, -0.15) is 0 Å². The molecule has 0 saturated heterocycles. The molecule has 0 bridgehead atoms. The number of amides is 2.